The molecule has 0 saturated carbocycles. The van der Waals surface area contributed by atoms with Gasteiger partial charge in [-0.05, 0) is 42.1 Å². The number of nitrogens with one attached hydrogen (secondary N) is 3. The Kier molecular flexibility index (Phi) is 4.89. The van der Waals surface area contributed by atoms with E-state index in [4.69, 9.17) is 0 Å². The van der Waals surface area contributed by atoms with Gasteiger partial charge in [-0.3, -0.25) is 14.4 Å². The number of carbonyl (C=O) groups excluding carboxylic acids is 2. The molecule has 3 aromatic rings. The molecule has 0 spiro atoms. The van der Waals surface area contributed by atoms with Gasteiger partial charge in [0.1, 0.15) is 0 Å². The molecule has 7 nitrogen and oxygen atoms in total. The van der Waals surface area contributed by atoms with E-state index in [-0.39, 0.29) is 11.1 Å². The van der Waals surface area contributed by atoms with Crippen molar-refractivity contribution < 1.29 is 9.59 Å². The number of benzene rings is 2. The quantitative estimate of drug-likeness (QED) is 0.383. The van der Waals surface area contributed by atoms with Crippen LogP contribution in [0.3, 0.4) is 0 Å². The lowest BCUT2D eigenvalue weighted by Crippen LogP contribution is -2.32. The van der Waals surface area contributed by atoms with E-state index in [1.807, 2.05) is 31.2 Å². The number of carbonyl (C=O) groups is 2. The van der Waals surface area contributed by atoms with Crippen LogP contribution < -0.4 is 16.3 Å². The van der Waals surface area contributed by atoms with Crippen LogP contribution in [0.4, 0.5) is 5.69 Å². The predicted octanol–water partition coefficient (Wildman–Crippen LogP) is 1.93. The molecule has 0 aliphatic heterocycles. The summed E-state index contributed by atoms with van der Waals surface area (Å²) in [5, 5.41) is 6.99. The topological polar surface area (TPSA) is 103 Å². The molecule has 3 N–H and O–H groups in total. The summed E-state index contributed by atoms with van der Waals surface area (Å²) in [5.41, 5.74) is 4.21. The number of H-pyrrole nitrogens is 1. The highest BCUT2D eigenvalue weighted by atomic mass is 16.2. The average molecular weight is 348 g/mol. The van der Waals surface area contributed by atoms with Crippen molar-refractivity contribution in [3.8, 4) is 0 Å². The van der Waals surface area contributed by atoms with Gasteiger partial charge in [-0.2, -0.15) is 5.10 Å². The normalized spacial score (nSPS) is 10.8. The first kappa shape index (κ1) is 17.1. The summed E-state index contributed by atoms with van der Waals surface area (Å²) in [5.74, 6) is -1.78. The molecule has 1 aromatic heterocycles. The number of rotatable bonds is 3. The summed E-state index contributed by atoms with van der Waals surface area (Å²) in [6.07, 6.45) is 1.20. The Morgan fingerprint density at radius 3 is 2.65 bits per heavy atom. The number of hydrogen-bond donors (Lipinski definition) is 3. The van der Waals surface area contributed by atoms with Gasteiger partial charge in [0.25, 0.3) is 5.56 Å². The molecule has 0 aliphatic carbocycles. The fourth-order valence-electron chi connectivity index (χ4n) is 2.38. The lowest BCUT2D eigenvalue weighted by molar-refractivity contribution is -0.136. The minimum Gasteiger partial charge on any atom is -0.321 e. The second kappa shape index (κ2) is 7.43. The molecular formula is C19H16N4O3. The Morgan fingerprint density at radius 1 is 1.04 bits per heavy atom. The van der Waals surface area contributed by atoms with E-state index in [0.717, 1.165) is 10.9 Å². The Labute approximate surface area is 148 Å². The third-order valence-corrected chi connectivity index (χ3v) is 3.63. The highest BCUT2D eigenvalue weighted by molar-refractivity contribution is 6.39. The zero-order valence-electron chi connectivity index (χ0n) is 13.9. The molecular weight excluding hydrogens is 332 g/mol. The van der Waals surface area contributed by atoms with Gasteiger partial charge in [0, 0.05) is 11.2 Å². The van der Waals surface area contributed by atoms with E-state index in [1.165, 1.54) is 6.21 Å². The first-order valence-corrected chi connectivity index (χ1v) is 7.86. The van der Waals surface area contributed by atoms with Gasteiger partial charge in [-0.1, -0.05) is 30.3 Å². The summed E-state index contributed by atoms with van der Waals surface area (Å²) in [6.45, 7) is 1.88. The summed E-state index contributed by atoms with van der Waals surface area (Å²) in [6, 6.07) is 16.0. The zero-order chi connectivity index (χ0) is 18.5. The smallest absolute Gasteiger partial charge is 0.321 e. The van der Waals surface area contributed by atoms with Crippen molar-refractivity contribution in [2.45, 2.75) is 6.92 Å². The average Bonchev–Trinajstić information content (AvgIpc) is 2.62. The van der Waals surface area contributed by atoms with Crippen LogP contribution >= 0.6 is 0 Å². The number of anilines is 1. The van der Waals surface area contributed by atoms with E-state index in [9.17, 15) is 14.4 Å². The Bertz CT molecular complexity index is 1070. The predicted molar refractivity (Wildman–Crippen MR) is 100 cm³/mol. The summed E-state index contributed by atoms with van der Waals surface area (Å²) in [4.78, 5) is 38.3. The van der Waals surface area contributed by atoms with Gasteiger partial charge in [-0.25, -0.2) is 5.43 Å². The maximum absolute atomic E-state index is 12.0. The minimum absolute atomic E-state index is 0.267. The van der Waals surface area contributed by atoms with Gasteiger partial charge >= 0.3 is 11.8 Å². The molecule has 0 fully saturated rings. The number of aromatic amines is 1. The highest BCUT2D eigenvalue weighted by Gasteiger charge is 2.12. The highest BCUT2D eigenvalue weighted by Crippen LogP contribution is 2.10. The van der Waals surface area contributed by atoms with Crippen molar-refractivity contribution >= 4 is 34.6 Å². The number of amides is 2. The van der Waals surface area contributed by atoms with Crippen molar-refractivity contribution in [2.75, 3.05) is 5.32 Å². The van der Waals surface area contributed by atoms with E-state index in [2.05, 4.69) is 20.8 Å². The van der Waals surface area contributed by atoms with Gasteiger partial charge in [0.15, 0.2) is 0 Å². The number of nitrogens with zero attached hydrogens (tertiary/aromatic N) is 1. The molecule has 0 aliphatic rings. The van der Waals surface area contributed by atoms with Gasteiger partial charge in [0.2, 0.25) is 0 Å². The van der Waals surface area contributed by atoms with Crippen LogP contribution in [-0.2, 0) is 9.59 Å². The van der Waals surface area contributed by atoms with Gasteiger partial charge in [0.05, 0.1) is 11.8 Å². The molecule has 7 heteroatoms. The van der Waals surface area contributed by atoms with Crippen molar-refractivity contribution in [1.29, 1.82) is 0 Å². The number of aryl methyl sites for hydroxylation is 1. The van der Waals surface area contributed by atoms with Crippen LogP contribution in [0.25, 0.3) is 10.9 Å². The van der Waals surface area contributed by atoms with Crippen LogP contribution in [0, 0.1) is 6.92 Å². The SMILES string of the molecule is Cc1cccc(NC(=O)C(=O)N/N=C/c2cc3ccccc3[nH]c2=O)c1. The number of fused-ring (bicyclic) bond motifs is 1. The molecule has 26 heavy (non-hydrogen) atoms. The fraction of sp³-hybridized carbons (Fsp3) is 0.0526. The summed E-state index contributed by atoms with van der Waals surface area (Å²) < 4.78 is 0. The summed E-state index contributed by atoms with van der Waals surface area (Å²) in [7, 11) is 0. The number of hydrazone groups is 1. The fourth-order valence-corrected chi connectivity index (χ4v) is 2.38. The number of pyridine rings is 1. The molecule has 2 amide bonds. The Balaban J connectivity index is 1.66. The van der Waals surface area contributed by atoms with E-state index < -0.39 is 11.8 Å². The molecule has 1 heterocycles. The van der Waals surface area contributed by atoms with Crippen LogP contribution in [-0.4, -0.2) is 23.0 Å². The first-order chi connectivity index (χ1) is 12.5. The molecule has 0 radical (unpaired) electrons. The molecule has 3 rings (SSSR count). The monoisotopic (exact) mass is 348 g/mol. The van der Waals surface area contributed by atoms with Gasteiger partial charge in [-0.15, -0.1) is 0 Å². The third kappa shape index (κ3) is 4.02. The molecule has 0 atom stereocenters. The molecule has 0 saturated heterocycles. The largest absolute Gasteiger partial charge is 0.329 e. The van der Waals surface area contributed by atoms with Crippen molar-refractivity contribution in [2.24, 2.45) is 5.10 Å². The maximum atomic E-state index is 12.0. The van der Waals surface area contributed by atoms with E-state index in [1.54, 1.807) is 30.3 Å². The van der Waals surface area contributed by atoms with Crippen LogP contribution in [0.1, 0.15) is 11.1 Å². The number of aromatic nitrogens is 1. The van der Waals surface area contributed by atoms with Crippen molar-refractivity contribution in [1.82, 2.24) is 10.4 Å². The molecule has 130 valence electrons. The maximum Gasteiger partial charge on any atom is 0.329 e. The van der Waals surface area contributed by atoms with Crippen molar-refractivity contribution in [3.63, 3.8) is 0 Å². The zero-order valence-corrected chi connectivity index (χ0v) is 13.9. The van der Waals surface area contributed by atoms with Crippen LogP contribution in [0.15, 0.2) is 64.5 Å². The van der Waals surface area contributed by atoms with Crippen molar-refractivity contribution in [3.05, 3.63) is 76.1 Å². The molecule has 0 unspecified atom stereocenters. The van der Waals surface area contributed by atoms with E-state index in [0.29, 0.717) is 11.2 Å². The Hall–Kier alpha value is -3.74. The van der Waals surface area contributed by atoms with Crippen LogP contribution in [0.5, 0.6) is 0 Å². The second-order valence-corrected chi connectivity index (χ2v) is 5.66. The van der Waals surface area contributed by atoms with E-state index >= 15 is 0 Å². The second-order valence-electron chi connectivity index (χ2n) is 5.66. The molecule has 0 bridgehead atoms. The Morgan fingerprint density at radius 2 is 1.85 bits per heavy atom. The number of para-hydroxylation sites is 1. The lowest BCUT2D eigenvalue weighted by Gasteiger charge is -2.04. The summed E-state index contributed by atoms with van der Waals surface area (Å²) >= 11 is 0. The van der Waals surface area contributed by atoms with Gasteiger partial charge < -0.3 is 10.3 Å². The number of hydrogen-bond acceptors (Lipinski definition) is 4. The third-order valence-electron chi connectivity index (χ3n) is 3.63. The molecule has 2 aromatic carbocycles. The minimum atomic E-state index is -0.931. The van der Waals surface area contributed by atoms with Crippen LogP contribution in [0.2, 0.25) is 0 Å². The standard InChI is InChI=1S/C19H16N4O3/c1-12-5-4-7-15(9-12)21-18(25)19(26)23-20-11-14-10-13-6-2-3-8-16(13)22-17(14)24/h2-11H,1H3,(H,21,25)(H,22,24)(H,23,26)/b20-11+. The first-order valence-electron chi connectivity index (χ1n) is 7.86. The lowest BCUT2D eigenvalue weighted by atomic mass is 10.2.